The third-order valence-electron chi connectivity index (χ3n) is 4.31. The zero-order chi connectivity index (χ0) is 13.2. The summed E-state index contributed by atoms with van der Waals surface area (Å²) in [6, 6.07) is 6.22. The largest absolute Gasteiger partial charge is 0.314 e. The molecule has 0 aliphatic carbocycles. The van der Waals surface area contributed by atoms with Gasteiger partial charge in [-0.15, -0.1) is 0 Å². The highest BCUT2D eigenvalue weighted by atomic mass is 19.1. The predicted molar refractivity (Wildman–Crippen MR) is 74.6 cm³/mol. The molecule has 1 aromatic rings. The molecule has 2 saturated heterocycles. The van der Waals surface area contributed by atoms with Crippen molar-refractivity contribution in [2.24, 2.45) is 0 Å². The molecule has 2 aliphatic heterocycles. The van der Waals surface area contributed by atoms with Crippen LogP contribution in [-0.4, -0.2) is 55.1 Å². The molecule has 3 rings (SSSR count). The Hall–Kier alpha value is -0.970. The van der Waals surface area contributed by atoms with Crippen LogP contribution in [0.15, 0.2) is 18.2 Å². The number of hydrogen-bond acceptors (Lipinski definition) is 3. The standard InChI is InChI=1S/C15H22FN3/c1-12-8-13(2-3-15(12)16)11-18-4-6-19(7-5-18)14-9-17-10-14/h2-3,8,14,17H,4-7,9-11H2,1H3. The van der Waals surface area contributed by atoms with E-state index in [0.29, 0.717) is 0 Å². The third kappa shape index (κ3) is 2.96. The average Bonchev–Trinajstić information content (AvgIpc) is 2.34. The van der Waals surface area contributed by atoms with Crippen molar-refractivity contribution in [1.29, 1.82) is 0 Å². The Bertz CT molecular complexity index is 437. The van der Waals surface area contributed by atoms with Crippen molar-refractivity contribution in [2.75, 3.05) is 39.3 Å². The van der Waals surface area contributed by atoms with Gasteiger partial charge in [0.05, 0.1) is 0 Å². The van der Waals surface area contributed by atoms with E-state index in [-0.39, 0.29) is 5.82 Å². The molecule has 4 heteroatoms. The van der Waals surface area contributed by atoms with Crippen molar-refractivity contribution in [1.82, 2.24) is 15.1 Å². The number of aryl methyl sites for hydroxylation is 1. The van der Waals surface area contributed by atoms with Crippen molar-refractivity contribution in [2.45, 2.75) is 19.5 Å². The molecule has 0 unspecified atom stereocenters. The third-order valence-corrected chi connectivity index (χ3v) is 4.31. The van der Waals surface area contributed by atoms with E-state index in [0.717, 1.165) is 57.4 Å². The summed E-state index contributed by atoms with van der Waals surface area (Å²) in [5, 5.41) is 3.33. The molecular formula is C15H22FN3. The van der Waals surface area contributed by atoms with E-state index in [4.69, 9.17) is 0 Å². The van der Waals surface area contributed by atoms with E-state index < -0.39 is 0 Å². The monoisotopic (exact) mass is 263 g/mol. The molecule has 1 aromatic carbocycles. The summed E-state index contributed by atoms with van der Waals surface area (Å²) in [5.74, 6) is -0.106. The molecule has 1 N–H and O–H groups in total. The lowest BCUT2D eigenvalue weighted by molar-refractivity contribution is 0.0695. The van der Waals surface area contributed by atoms with E-state index in [1.165, 1.54) is 5.56 Å². The van der Waals surface area contributed by atoms with Gasteiger partial charge in [0, 0.05) is 51.9 Å². The van der Waals surface area contributed by atoms with E-state index >= 15 is 0 Å². The minimum atomic E-state index is -0.106. The Morgan fingerprint density at radius 1 is 1.21 bits per heavy atom. The van der Waals surface area contributed by atoms with E-state index in [1.807, 2.05) is 19.1 Å². The highest BCUT2D eigenvalue weighted by molar-refractivity contribution is 5.23. The molecule has 0 atom stereocenters. The average molecular weight is 263 g/mol. The molecule has 104 valence electrons. The second-order valence-corrected chi connectivity index (χ2v) is 5.71. The van der Waals surface area contributed by atoms with Crippen LogP contribution in [0.5, 0.6) is 0 Å². The molecule has 2 aliphatic rings. The van der Waals surface area contributed by atoms with Crippen LogP contribution >= 0.6 is 0 Å². The SMILES string of the molecule is Cc1cc(CN2CCN(C3CNC3)CC2)ccc1F. The molecular weight excluding hydrogens is 241 g/mol. The fourth-order valence-corrected chi connectivity index (χ4v) is 2.88. The van der Waals surface area contributed by atoms with Gasteiger partial charge < -0.3 is 5.32 Å². The van der Waals surface area contributed by atoms with Gasteiger partial charge in [-0.3, -0.25) is 9.80 Å². The normalized spacial score (nSPS) is 22.4. The number of halogens is 1. The van der Waals surface area contributed by atoms with Gasteiger partial charge in [0.15, 0.2) is 0 Å². The first-order valence-electron chi connectivity index (χ1n) is 7.14. The summed E-state index contributed by atoms with van der Waals surface area (Å²) in [6.07, 6.45) is 0. The molecule has 0 amide bonds. The number of hydrogen-bond donors (Lipinski definition) is 1. The molecule has 0 radical (unpaired) electrons. The van der Waals surface area contributed by atoms with Crippen molar-refractivity contribution in [3.05, 3.63) is 35.1 Å². The molecule has 3 nitrogen and oxygen atoms in total. The summed E-state index contributed by atoms with van der Waals surface area (Å²) < 4.78 is 13.2. The quantitative estimate of drug-likeness (QED) is 0.885. The lowest BCUT2D eigenvalue weighted by Crippen LogP contribution is -2.61. The zero-order valence-corrected chi connectivity index (χ0v) is 11.5. The van der Waals surface area contributed by atoms with Crippen LogP contribution in [0.2, 0.25) is 0 Å². The molecule has 0 spiro atoms. The Kier molecular flexibility index (Phi) is 3.82. The van der Waals surface area contributed by atoms with Crippen LogP contribution in [-0.2, 0) is 6.54 Å². The van der Waals surface area contributed by atoms with Crippen molar-refractivity contribution < 1.29 is 4.39 Å². The summed E-state index contributed by atoms with van der Waals surface area (Å²) >= 11 is 0. The summed E-state index contributed by atoms with van der Waals surface area (Å²) in [7, 11) is 0. The number of rotatable bonds is 3. The van der Waals surface area contributed by atoms with Gasteiger partial charge in [0.2, 0.25) is 0 Å². The molecule has 2 heterocycles. The first kappa shape index (κ1) is 13.0. The van der Waals surface area contributed by atoms with E-state index in [9.17, 15) is 4.39 Å². The fraction of sp³-hybridized carbons (Fsp3) is 0.600. The second-order valence-electron chi connectivity index (χ2n) is 5.71. The smallest absolute Gasteiger partial charge is 0.126 e. The van der Waals surface area contributed by atoms with E-state index in [2.05, 4.69) is 15.1 Å². The topological polar surface area (TPSA) is 18.5 Å². The highest BCUT2D eigenvalue weighted by Gasteiger charge is 2.27. The van der Waals surface area contributed by atoms with Crippen LogP contribution in [0.4, 0.5) is 4.39 Å². The second kappa shape index (κ2) is 5.57. The van der Waals surface area contributed by atoms with Gasteiger partial charge in [-0.25, -0.2) is 4.39 Å². The lowest BCUT2D eigenvalue weighted by atomic mass is 10.1. The summed E-state index contributed by atoms with van der Waals surface area (Å²) in [6.45, 7) is 9.63. The Morgan fingerprint density at radius 2 is 1.95 bits per heavy atom. The number of benzene rings is 1. The molecule has 0 bridgehead atoms. The van der Waals surface area contributed by atoms with Crippen LogP contribution < -0.4 is 5.32 Å². The van der Waals surface area contributed by atoms with Crippen LogP contribution in [0, 0.1) is 12.7 Å². The fourth-order valence-electron chi connectivity index (χ4n) is 2.88. The first-order chi connectivity index (χ1) is 9.22. The Balaban J connectivity index is 1.52. The molecule has 19 heavy (non-hydrogen) atoms. The van der Waals surface area contributed by atoms with Gasteiger partial charge in [0.1, 0.15) is 5.82 Å². The summed E-state index contributed by atoms with van der Waals surface area (Å²) in [4.78, 5) is 5.05. The maximum absolute atomic E-state index is 13.2. The zero-order valence-electron chi connectivity index (χ0n) is 11.5. The molecule has 2 fully saturated rings. The van der Waals surface area contributed by atoms with Gasteiger partial charge in [-0.2, -0.15) is 0 Å². The highest BCUT2D eigenvalue weighted by Crippen LogP contribution is 2.14. The number of piperazine rings is 1. The molecule has 0 saturated carbocycles. The van der Waals surface area contributed by atoms with Gasteiger partial charge in [0.25, 0.3) is 0 Å². The van der Waals surface area contributed by atoms with Crippen LogP contribution in [0.3, 0.4) is 0 Å². The number of nitrogens with zero attached hydrogens (tertiary/aromatic N) is 2. The maximum atomic E-state index is 13.2. The van der Waals surface area contributed by atoms with Gasteiger partial charge in [-0.05, 0) is 24.1 Å². The van der Waals surface area contributed by atoms with Crippen LogP contribution in [0.25, 0.3) is 0 Å². The lowest BCUT2D eigenvalue weighted by Gasteiger charge is -2.43. The van der Waals surface area contributed by atoms with Crippen LogP contribution in [0.1, 0.15) is 11.1 Å². The Morgan fingerprint density at radius 3 is 2.53 bits per heavy atom. The first-order valence-corrected chi connectivity index (χ1v) is 7.14. The molecule has 0 aromatic heterocycles. The van der Waals surface area contributed by atoms with Gasteiger partial charge >= 0.3 is 0 Å². The van der Waals surface area contributed by atoms with E-state index in [1.54, 1.807) is 6.07 Å². The number of nitrogens with one attached hydrogen (secondary N) is 1. The minimum Gasteiger partial charge on any atom is -0.314 e. The predicted octanol–water partition coefficient (Wildman–Crippen LogP) is 1.22. The van der Waals surface area contributed by atoms with Crippen molar-refractivity contribution >= 4 is 0 Å². The van der Waals surface area contributed by atoms with Gasteiger partial charge in [-0.1, -0.05) is 12.1 Å². The summed E-state index contributed by atoms with van der Waals surface area (Å²) in [5.41, 5.74) is 1.97. The minimum absolute atomic E-state index is 0.106. The Labute approximate surface area is 114 Å². The maximum Gasteiger partial charge on any atom is 0.126 e. The van der Waals surface area contributed by atoms with Crippen molar-refractivity contribution in [3.63, 3.8) is 0 Å². The van der Waals surface area contributed by atoms with Crippen molar-refractivity contribution in [3.8, 4) is 0 Å².